The van der Waals surface area contributed by atoms with Gasteiger partial charge in [-0.1, -0.05) is 13.5 Å². The van der Waals surface area contributed by atoms with Crippen LogP contribution in [0.1, 0.15) is 13.8 Å². The molecule has 0 spiro atoms. The van der Waals surface area contributed by atoms with Gasteiger partial charge in [0.15, 0.2) is 0 Å². The molecule has 1 aliphatic heterocycles. The molecule has 6 heteroatoms. The normalized spacial score (nSPS) is 15.0. The summed E-state index contributed by atoms with van der Waals surface area (Å²) in [5.74, 6) is 1.59. The van der Waals surface area contributed by atoms with Gasteiger partial charge in [-0.05, 0) is 37.7 Å². The Morgan fingerprint density at radius 3 is 2.46 bits per heavy atom. The van der Waals surface area contributed by atoms with Crippen molar-refractivity contribution < 1.29 is 0 Å². The Bertz CT molecular complexity index is 734. The van der Waals surface area contributed by atoms with Crippen LogP contribution in [0.2, 0.25) is 0 Å². The van der Waals surface area contributed by atoms with E-state index in [0.29, 0.717) is 0 Å². The third-order valence-corrected chi connectivity index (χ3v) is 4.89. The standard InChI is InChI=1S/C20H28N6/c1-5-25-10-12-26(13-11-25)18-8-6-17(7-9-18)23-19-14-20(22-15-21-19)24(4)16(2)3/h6-9,14-15H,2,5,10-13H2,1,3-4H3,(H,21,22,23). The number of hydrogen-bond acceptors (Lipinski definition) is 6. The lowest BCUT2D eigenvalue weighted by Gasteiger charge is -2.35. The zero-order chi connectivity index (χ0) is 18.5. The molecule has 0 bridgehead atoms. The zero-order valence-electron chi connectivity index (χ0n) is 15.9. The second-order valence-electron chi connectivity index (χ2n) is 6.65. The molecule has 2 heterocycles. The van der Waals surface area contributed by atoms with Crippen LogP contribution in [-0.2, 0) is 0 Å². The quantitative estimate of drug-likeness (QED) is 0.860. The van der Waals surface area contributed by atoms with Crippen molar-refractivity contribution in [3.05, 3.63) is 48.9 Å². The number of benzene rings is 1. The largest absolute Gasteiger partial charge is 0.369 e. The number of piperazine rings is 1. The molecule has 1 aliphatic rings. The Labute approximate surface area is 156 Å². The molecule has 0 saturated carbocycles. The van der Waals surface area contributed by atoms with Gasteiger partial charge in [0, 0.05) is 56.4 Å². The lowest BCUT2D eigenvalue weighted by molar-refractivity contribution is 0.271. The maximum atomic E-state index is 4.31. The number of aromatic nitrogens is 2. The minimum absolute atomic E-state index is 0.771. The highest BCUT2D eigenvalue weighted by molar-refractivity contribution is 5.63. The molecule has 0 aliphatic carbocycles. The number of anilines is 4. The molecule has 3 rings (SSSR count). The van der Waals surface area contributed by atoms with Crippen LogP contribution in [-0.4, -0.2) is 54.6 Å². The first kappa shape index (κ1) is 18.2. The van der Waals surface area contributed by atoms with Crippen molar-refractivity contribution in [1.82, 2.24) is 14.9 Å². The highest BCUT2D eigenvalue weighted by Crippen LogP contribution is 2.23. The average molecular weight is 352 g/mol. The molecule has 1 N–H and O–H groups in total. The SMILES string of the molecule is C=C(C)N(C)c1cc(Nc2ccc(N3CCN(CC)CC3)cc2)ncn1. The molecule has 0 radical (unpaired) electrons. The van der Waals surface area contributed by atoms with Gasteiger partial charge in [0.05, 0.1) is 0 Å². The Morgan fingerprint density at radius 1 is 1.15 bits per heavy atom. The van der Waals surface area contributed by atoms with Gasteiger partial charge in [0.25, 0.3) is 0 Å². The fourth-order valence-corrected chi connectivity index (χ4v) is 3.02. The van der Waals surface area contributed by atoms with Crippen LogP contribution in [0.4, 0.5) is 23.0 Å². The molecule has 6 nitrogen and oxygen atoms in total. The minimum Gasteiger partial charge on any atom is -0.369 e. The van der Waals surface area contributed by atoms with E-state index in [4.69, 9.17) is 0 Å². The van der Waals surface area contributed by atoms with Crippen molar-refractivity contribution >= 4 is 23.0 Å². The van der Waals surface area contributed by atoms with E-state index in [2.05, 4.69) is 62.9 Å². The summed E-state index contributed by atoms with van der Waals surface area (Å²) in [6, 6.07) is 10.5. The van der Waals surface area contributed by atoms with Gasteiger partial charge in [-0.25, -0.2) is 9.97 Å². The molecule has 0 atom stereocenters. The molecule has 1 fully saturated rings. The van der Waals surface area contributed by atoms with E-state index in [9.17, 15) is 0 Å². The summed E-state index contributed by atoms with van der Waals surface area (Å²) in [7, 11) is 1.95. The summed E-state index contributed by atoms with van der Waals surface area (Å²) < 4.78 is 0. The van der Waals surface area contributed by atoms with E-state index >= 15 is 0 Å². The lowest BCUT2D eigenvalue weighted by atomic mass is 10.2. The summed E-state index contributed by atoms with van der Waals surface area (Å²) in [4.78, 5) is 15.5. The van der Waals surface area contributed by atoms with Crippen molar-refractivity contribution in [2.75, 3.05) is 54.9 Å². The molecular formula is C20H28N6. The third kappa shape index (κ3) is 4.32. The first-order valence-electron chi connectivity index (χ1n) is 9.12. The van der Waals surface area contributed by atoms with Crippen LogP contribution >= 0.6 is 0 Å². The lowest BCUT2D eigenvalue weighted by Crippen LogP contribution is -2.46. The van der Waals surface area contributed by atoms with Gasteiger partial charge >= 0.3 is 0 Å². The minimum atomic E-state index is 0.771. The van der Waals surface area contributed by atoms with Crippen molar-refractivity contribution in [2.24, 2.45) is 0 Å². The topological polar surface area (TPSA) is 47.5 Å². The first-order chi connectivity index (χ1) is 12.6. The molecule has 1 saturated heterocycles. The number of nitrogens with zero attached hydrogens (tertiary/aromatic N) is 5. The molecule has 138 valence electrons. The Kier molecular flexibility index (Phi) is 5.73. The maximum absolute atomic E-state index is 4.31. The van der Waals surface area contributed by atoms with Crippen LogP contribution in [0.3, 0.4) is 0 Å². The van der Waals surface area contributed by atoms with Crippen LogP contribution < -0.4 is 15.1 Å². The number of nitrogens with one attached hydrogen (secondary N) is 1. The van der Waals surface area contributed by atoms with E-state index in [1.54, 1.807) is 6.33 Å². The van der Waals surface area contributed by atoms with Gasteiger partial charge in [0.1, 0.15) is 18.0 Å². The maximum Gasteiger partial charge on any atom is 0.137 e. The van der Waals surface area contributed by atoms with E-state index in [-0.39, 0.29) is 0 Å². The van der Waals surface area contributed by atoms with Gasteiger partial charge in [-0.2, -0.15) is 0 Å². The van der Waals surface area contributed by atoms with Crippen molar-refractivity contribution in [3.63, 3.8) is 0 Å². The number of hydrogen-bond donors (Lipinski definition) is 1. The number of rotatable bonds is 6. The predicted octanol–water partition coefficient (Wildman–Crippen LogP) is 3.33. The smallest absolute Gasteiger partial charge is 0.137 e. The van der Waals surface area contributed by atoms with Gasteiger partial charge < -0.3 is 20.0 Å². The molecule has 1 aromatic heterocycles. The molecule has 1 aromatic carbocycles. The van der Waals surface area contributed by atoms with E-state index in [1.165, 1.54) is 5.69 Å². The van der Waals surface area contributed by atoms with Gasteiger partial charge in [0.2, 0.25) is 0 Å². The second kappa shape index (κ2) is 8.19. The number of likely N-dealkylation sites (N-methyl/N-ethyl adjacent to an activating group) is 1. The molecule has 0 unspecified atom stereocenters. The zero-order valence-corrected chi connectivity index (χ0v) is 15.9. The van der Waals surface area contributed by atoms with E-state index in [0.717, 1.165) is 55.7 Å². The van der Waals surface area contributed by atoms with Crippen molar-refractivity contribution in [1.29, 1.82) is 0 Å². The van der Waals surface area contributed by atoms with Crippen LogP contribution in [0, 0.1) is 0 Å². The number of allylic oxidation sites excluding steroid dienone is 1. The van der Waals surface area contributed by atoms with Crippen LogP contribution in [0.15, 0.2) is 48.9 Å². The molecule has 0 amide bonds. The molecule has 26 heavy (non-hydrogen) atoms. The summed E-state index contributed by atoms with van der Waals surface area (Å²) in [6.45, 7) is 13.7. The van der Waals surface area contributed by atoms with Crippen molar-refractivity contribution in [3.8, 4) is 0 Å². The van der Waals surface area contributed by atoms with Gasteiger partial charge in [-0.3, -0.25) is 0 Å². The summed E-state index contributed by atoms with van der Waals surface area (Å²) in [5, 5.41) is 3.35. The van der Waals surface area contributed by atoms with Crippen LogP contribution in [0.25, 0.3) is 0 Å². The average Bonchev–Trinajstić information content (AvgIpc) is 2.68. The van der Waals surface area contributed by atoms with Crippen LogP contribution in [0.5, 0.6) is 0 Å². The monoisotopic (exact) mass is 352 g/mol. The fraction of sp³-hybridized carbons (Fsp3) is 0.400. The summed E-state index contributed by atoms with van der Waals surface area (Å²) in [5.41, 5.74) is 3.22. The summed E-state index contributed by atoms with van der Waals surface area (Å²) in [6.07, 6.45) is 1.57. The van der Waals surface area contributed by atoms with E-state index < -0.39 is 0 Å². The Hall–Kier alpha value is -2.60. The predicted molar refractivity (Wildman–Crippen MR) is 109 cm³/mol. The first-order valence-corrected chi connectivity index (χ1v) is 9.12. The molecular weight excluding hydrogens is 324 g/mol. The van der Waals surface area contributed by atoms with Crippen molar-refractivity contribution in [2.45, 2.75) is 13.8 Å². The Morgan fingerprint density at radius 2 is 1.85 bits per heavy atom. The Balaban J connectivity index is 1.65. The molecule has 2 aromatic rings. The third-order valence-electron chi connectivity index (χ3n) is 4.89. The fourth-order valence-electron chi connectivity index (χ4n) is 3.02. The highest BCUT2D eigenvalue weighted by Gasteiger charge is 2.15. The highest BCUT2D eigenvalue weighted by atomic mass is 15.3. The summed E-state index contributed by atoms with van der Waals surface area (Å²) >= 11 is 0. The second-order valence-corrected chi connectivity index (χ2v) is 6.65. The van der Waals surface area contributed by atoms with Gasteiger partial charge in [-0.15, -0.1) is 0 Å². The van der Waals surface area contributed by atoms with E-state index in [1.807, 2.05) is 24.9 Å².